The van der Waals surface area contributed by atoms with Gasteiger partial charge in [-0.1, -0.05) is 6.07 Å². The Balaban J connectivity index is 2.92. The molecule has 82 valence electrons. The van der Waals surface area contributed by atoms with E-state index in [2.05, 4.69) is 0 Å². The molecule has 0 bridgehead atoms. The molecule has 4 nitrogen and oxygen atoms in total. The molecule has 1 rings (SSSR count). The van der Waals surface area contributed by atoms with Crippen molar-refractivity contribution in [3.63, 3.8) is 0 Å². The first kappa shape index (κ1) is 11.5. The van der Waals surface area contributed by atoms with Gasteiger partial charge in [0.25, 0.3) is 0 Å². The maximum atomic E-state index is 11.1. The second-order valence-corrected chi connectivity index (χ2v) is 3.05. The van der Waals surface area contributed by atoms with Crippen LogP contribution in [0.1, 0.15) is 5.56 Å². The van der Waals surface area contributed by atoms with Crippen molar-refractivity contribution < 1.29 is 19.4 Å². The van der Waals surface area contributed by atoms with Crippen molar-refractivity contribution in [3.8, 4) is 11.5 Å². The van der Waals surface area contributed by atoms with E-state index in [1.807, 2.05) is 0 Å². The maximum Gasteiger partial charge on any atom is 0.162 e. The summed E-state index contributed by atoms with van der Waals surface area (Å²) in [6, 6.07) is 5.22. The van der Waals surface area contributed by atoms with E-state index in [9.17, 15) is 4.79 Å². The summed E-state index contributed by atoms with van der Waals surface area (Å²) in [6.07, 6.45) is 0.170. The van der Waals surface area contributed by atoms with Crippen LogP contribution in [0.3, 0.4) is 0 Å². The largest absolute Gasteiger partial charge is 0.497 e. The third-order valence-corrected chi connectivity index (χ3v) is 2.06. The molecule has 1 aromatic rings. The van der Waals surface area contributed by atoms with Gasteiger partial charge in [0.05, 0.1) is 14.2 Å². The summed E-state index contributed by atoms with van der Waals surface area (Å²) in [5.41, 5.74) is 0.748. The number of Topliss-reactive ketones (excluding diaryl/α,β-unsaturated/α-hetero) is 1. The monoisotopic (exact) mass is 210 g/mol. The molecule has 4 heteroatoms. The number of rotatable bonds is 5. The lowest BCUT2D eigenvalue weighted by Gasteiger charge is -2.09. The third-order valence-electron chi connectivity index (χ3n) is 2.06. The van der Waals surface area contributed by atoms with Gasteiger partial charge in [0.2, 0.25) is 0 Å². The summed E-state index contributed by atoms with van der Waals surface area (Å²) in [5.74, 6) is 1.03. The lowest BCUT2D eigenvalue weighted by atomic mass is 10.1. The van der Waals surface area contributed by atoms with Gasteiger partial charge in [-0.05, 0) is 6.07 Å². The van der Waals surface area contributed by atoms with Gasteiger partial charge in [0.1, 0.15) is 18.1 Å². The molecule has 0 aliphatic carbocycles. The molecule has 0 aliphatic heterocycles. The summed E-state index contributed by atoms with van der Waals surface area (Å²) >= 11 is 0. The Labute approximate surface area is 88.4 Å². The predicted molar refractivity (Wildman–Crippen MR) is 55.3 cm³/mol. The SMILES string of the molecule is COc1ccc(CC(=O)CO)c(OC)c1. The first-order valence-corrected chi connectivity index (χ1v) is 4.54. The lowest BCUT2D eigenvalue weighted by molar-refractivity contribution is -0.121. The van der Waals surface area contributed by atoms with Gasteiger partial charge in [0.15, 0.2) is 5.78 Å². The van der Waals surface area contributed by atoms with E-state index in [1.165, 1.54) is 7.11 Å². The zero-order valence-electron chi connectivity index (χ0n) is 8.82. The number of carbonyl (C=O) groups excluding carboxylic acids is 1. The third kappa shape index (κ3) is 2.95. The van der Waals surface area contributed by atoms with Gasteiger partial charge in [-0.2, -0.15) is 0 Å². The predicted octanol–water partition coefficient (Wildman–Crippen LogP) is 0.808. The average Bonchev–Trinajstić information content (AvgIpc) is 2.29. The number of aliphatic hydroxyl groups excluding tert-OH is 1. The van der Waals surface area contributed by atoms with E-state index >= 15 is 0 Å². The zero-order valence-corrected chi connectivity index (χ0v) is 8.82. The van der Waals surface area contributed by atoms with E-state index in [4.69, 9.17) is 14.6 Å². The van der Waals surface area contributed by atoms with Crippen LogP contribution in [0.15, 0.2) is 18.2 Å². The molecule has 0 aromatic heterocycles. The Morgan fingerprint density at radius 1 is 1.33 bits per heavy atom. The Morgan fingerprint density at radius 2 is 2.07 bits per heavy atom. The molecular weight excluding hydrogens is 196 g/mol. The van der Waals surface area contributed by atoms with Crippen LogP contribution in [0.5, 0.6) is 11.5 Å². The van der Waals surface area contributed by atoms with Crippen molar-refractivity contribution in [2.45, 2.75) is 6.42 Å². The number of aliphatic hydroxyl groups is 1. The molecule has 1 N–H and O–H groups in total. The summed E-state index contributed by atoms with van der Waals surface area (Å²) in [5, 5.41) is 8.65. The molecule has 0 aliphatic rings. The molecule has 0 radical (unpaired) electrons. The highest BCUT2D eigenvalue weighted by Crippen LogP contribution is 2.24. The molecule has 0 unspecified atom stereocenters. The highest BCUT2D eigenvalue weighted by Gasteiger charge is 2.08. The van der Waals surface area contributed by atoms with Crippen LogP contribution in [0.2, 0.25) is 0 Å². The Bertz CT molecular complexity index is 346. The van der Waals surface area contributed by atoms with Gasteiger partial charge in [-0.3, -0.25) is 4.79 Å². The highest BCUT2D eigenvalue weighted by molar-refractivity contribution is 5.82. The Kier molecular flexibility index (Phi) is 4.12. The number of ether oxygens (including phenoxy) is 2. The fourth-order valence-corrected chi connectivity index (χ4v) is 1.27. The fourth-order valence-electron chi connectivity index (χ4n) is 1.27. The minimum Gasteiger partial charge on any atom is -0.497 e. The smallest absolute Gasteiger partial charge is 0.162 e. The maximum absolute atomic E-state index is 11.1. The van der Waals surface area contributed by atoms with E-state index in [0.29, 0.717) is 11.5 Å². The van der Waals surface area contributed by atoms with E-state index in [0.717, 1.165) is 5.56 Å². The summed E-state index contributed by atoms with van der Waals surface area (Å²) < 4.78 is 10.1. The van der Waals surface area contributed by atoms with Crippen molar-refractivity contribution in [3.05, 3.63) is 23.8 Å². The molecule has 0 saturated heterocycles. The van der Waals surface area contributed by atoms with Crippen molar-refractivity contribution in [2.75, 3.05) is 20.8 Å². The summed E-state index contributed by atoms with van der Waals surface area (Å²) in [6.45, 7) is -0.449. The second kappa shape index (κ2) is 5.36. The number of ketones is 1. The number of benzene rings is 1. The topological polar surface area (TPSA) is 55.8 Å². The van der Waals surface area contributed by atoms with Crippen molar-refractivity contribution in [1.82, 2.24) is 0 Å². The fraction of sp³-hybridized carbons (Fsp3) is 0.364. The van der Waals surface area contributed by atoms with Gasteiger partial charge < -0.3 is 14.6 Å². The van der Waals surface area contributed by atoms with Crippen LogP contribution in [-0.4, -0.2) is 31.7 Å². The normalized spacial score (nSPS) is 9.80. The number of hydrogen-bond acceptors (Lipinski definition) is 4. The molecule has 0 amide bonds. The van der Waals surface area contributed by atoms with Crippen LogP contribution in [-0.2, 0) is 11.2 Å². The molecular formula is C11H14O4. The van der Waals surface area contributed by atoms with Gasteiger partial charge in [-0.15, -0.1) is 0 Å². The Hall–Kier alpha value is -1.55. The lowest BCUT2D eigenvalue weighted by Crippen LogP contribution is -2.08. The van der Waals surface area contributed by atoms with Gasteiger partial charge in [0, 0.05) is 18.1 Å². The minimum atomic E-state index is -0.449. The van der Waals surface area contributed by atoms with E-state index in [1.54, 1.807) is 25.3 Å². The van der Waals surface area contributed by atoms with Gasteiger partial charge >= 0.3 is 0 Å². The standard InChI is InChI=1S/C11H14O4/c1-14-10-4-3-8(5-9(13)7-12)11(6-10)15-2/h3-4,6,12H,5,7H2,1-2H3. The van der Waals surface area contributed by atoms with E-state index < -0.39 is 6.61 Å². The molecule has 0 spiro atoms. The van der Waals surface area contributed by atoms with Crippen LogP contribution in [0.4, 0.5) is 0 Å². The second-order valence-electron chi connectivity index (χ2n) is 3.05. The molecule has 0 fully saturated rings. The molecule has 0 heterocycles. The van der Waals surface area contributed by atoms with Crippen molar-refractivity contribution in [1.29, 1.82) is 0 Å². The number of methoxy groups -OCH3 is 2. The number of carbonyl (C=O) groups is 1. The molecule has 0 atom stereocenters. The first-order valence-electron chi connectivity index (χ1n) is 4.54. The van der Waals surface area contributed by atoms with Gasteiger partial charge in [-0.25, -0.2) is 0 Å². The van der Waals surface area contributed by atoms with Crippen molar-refractivity contribution in [2.24, 2.45) is 0 Å². The Morgan fingerprint density at radius 3 is 2.60 bits per heavy atom. The van der Waals surface area contributed by atoms with E-state index in [-0.39, 0.29) is 12.2 Å². The van der Waals surface area contributed by atoms with Crippen LogP contribution >= 0.6 is 0 Å². The summed E-state index contributed by atoms with van der Waals surface area (Å²) in [7, 11) is 3.09. The van der Waals surface area contributed by atoms with Crippen LogP contribution in [0, 0.1) is 0 Å². The molecule has 15 heavy (non-hydrogen) atoms. The molecule has 1 aromatic carbocycles. The van der Waals surface area contributed by atoms with Crippen molar-refractivity contribution >= 4 is 5.78 Å². The highest BCUT2D eigenvalue weighted by atomic mass is 16.5. The number of hydrogen-bond donors (Lipinski definition) is 1. The quantitative estimate of drug-likeness (QED) is 0.781. The average molecular weight is 210 g/mol. The summed E-state index contributed by atoms with van der Waals surface area (Å²) in [4.78, 5) is 11.1. The molecule has 0 saturated carbocycles. The zero-order chi connectivity index (χ0) is 11.3. The first-order chi connectivity index (χ1) is 7.21. The van der Waals surface area contributed by atoms with Crippen LogP contribution < -0.4 is 9.47 Å². The van der Waals surface area contributed by atoms with Crippen LogP contribution in [0.25, 0.3) is 0 Å². The minimum absolute atomic E-state index is 0.170.